The normalized spacial score (nSPS) is 12.7. The van der Waals surface area contributed by atoms with Crippen LogP contribution in [0.4, 0.5) is 5.69 Å². The molecule has 5 heteroatoms. The minimum absolute atomic E-state index is 0.134. The number of fused-ring (bicyclic) bond motifs is 3. The van der Waals surface area contributed by atoms with E-state index in [-0.39, 0.29) is 5.91 Å². The Morgan fingerprint density at radius 1 is 1.23 bits per heavy atom. The number of pyridine rings is 1. The Labute approximate surface area is 152 Å². The van der Waals surface area contributed by atoms with Gasteiger partial charge >= 0.3 is 0 Å². The number of aromatic nitrogens is 2. The van der Waals surface area contributed by atoms with Crippen molar-refractivity contribution < 1.29 is 9.53 Å². The highest BCUT2D eigenvalue weighted by atomic mass is 16.5. The first-order valence-electron chi connectivity index (χ1n) is 8.95. The summed E-state index contributed by atoms with van der Waals surface area (Å²) in [5, 5.41) is 2.97. The van der Waals surface area contributed by atoms with Gasteiger partial charge in [-0.05, 0) is 62.1 Å². The first kappa shape index (κ1) is 16.4. The lowest BCUT2D eigenvalue weighted by atomic mass is 10.0. The summed E-state index contributed by atoms with van der Waals surface area (Å²) in [6.45, 7) is 2.56. The molecule has 0 bridgehead atoms. The molecule has 1 amide bonds. The molecule has 2 aromatic heterocycles. The van der Waals surface area contributed by atoms with Crippen LogP contribution in [0.2, 0.25) is 0 Å². The van der Waals surface area contributed by atoms with Crippen LogP contribution in [0.3, 0.4) is 0 Å². The Kier molecular flexibility index (Phi) is 4.44. The third-order valence-electron chi connectivity index (χ3n) is 4.63. The maximum absolute atomic E-state index is 12.9. The van der Waals surface area contributed by atoms with Gasteiger partial charge in [0.05, 0.1) is 17.9 Å². The zero-order valence-corrected chi connectivity index (χ0v) is 14.7. The molecule has 0 fully saturated rings. The van der Waals surface area contributed by atoms with E-state index in [2.05, 4.69) is 21.4 Å². The summed E-state index contributed by atoms with van der Waals surface area (Å²) in [6.07, 6.45) is 6.52. The van der Waals surface area contributed by atoms with E-state index in [1.165, 1.54) is 5.56 Å². The number of carbonyl (C=O) groups is 1. The number of benzene rings is 1. The third kappa shape index (κ3) is 3.08. The van der Waals surface area contributed by atoms with Gasteiger partial charge in [-0.2, -0.15) is 0 Å². The number of hydrogen-bond acceptors (Lipinski definition) is 3. The molecule has 0 aliphatic heterocycles. The first-order chi connectivity index (χ1) is 12.8. The number of ether oxygens (including phenoxy) is 1. The molecule has 1 aliphatic rings. The summed E-state index contributed by atoms with van der Waals surface area (Å²) in [7, 11) is 0. The summed E-state index contributed by atoms with van der Waals surface area (Å²) >= 11 is 0. The number of H-pyrrole nitrogens is 1. The summed E-state index contributed by atoms with van der Waals surface area (Å²) in [5.41, 5.74) is 5.50. The van der Waals surface area contributed by atoms with Crippen LogP contribution in [-0.4, -0.2) is 22.5 Å². The number of rotatable bonds is 4. The summed E-state index contributed by atoms with van der Waals surface area (Å²) in [6, 6.07) is 11.5. The van der Waals surface area contributed by atoms with Gasteiger partial charge in [0.25, 0.3) is 5.91 Å². The Balaban J connectivity index is 1.64. The Bertz CT molecular complexity index is 929. The smallest absolute Gasteiger partial charge is 0.257 e. The number of aryl methyl sites for hydroxylation is 2. The van der Waals surface area contributed by atoms with E-state index in [1.54, 1.807) is 12.4 Å². The third-order valence-corrected chi connectivity index (χ3v) is 4.63. The average Bonchev–Trinajstić information content (AvgIpc) is 2.99. The van der Waals surface area contributed by atoms with E-state index >= 15 is 0 Å². The van der Waals surface area contributed by atoms with Crippen molar-refractivity contribution >= 4 is 11.6 Å². The van der Waals surface area contributed by atoms with E-state index in [9.17, 15) is 4.79 Å². The maximum Gasteiger partial charge on any atom is 0.257 e. The molecule has 0 unspecified atom stereocenters. The largest absolute Gasteiger partial charge is 0.494 e. The minimum atomic E-state index is -0.134. The van der Waals surface area contributed by atoms with E-state index < -0.39 is 0 Å². The highest BCUT2D eigenvalue weighted by Gasteiger charge is 2.24. The molecule has 0 saturated heterocycles. The molecular formula is C21H21N3O2. The van der Waals surface area contributed by atoms with Crippen LogP contribution < -0.4 is 10.1 Å². The van der Waals surface area contributed by atoms with Crippen molar-refractivity contribution in [1.29, 1.82) is 0 Å². The van der Waals surface area contributed by atoms with Gasteiger partial charge in [0.15, 0.2) is 0 Å². The van der Waals surface area contributed by atoms with E-state index in [4.69, 9.17) is 4.74 Å². The van der Waals surface area contributed by atoms with E-state index in [0.29, 0.717) is 12.2 Å². The minimum Gasteiger partial charge on any atom is -0.494 e. The monoisotopic (exact) mass is 347 g/mol. The van der Waals surface area contributed by atoms with Crippen molar-refractivity contribution in [2.75, 3.05) is 11.9 Å². The molecule has 26 heavy (non-hydrogen) atoms. The van der Waals surface area contributed by atoms with Gasteiger partial charge in [-0.15, -0.1) is 0 Å². The molecule has 5 nitrogen and oxygen atoms in total. The van der Waals surface area contributed by atoms with E-state index in [0.717, 1.165) is 47.7 Å². The molecule has 2 heterocycles. The lowest BCUT2D eigenvalue weighted by molar-refractivity contribution is 0.102. The number of anilines is 1. The molecule has 1 aliphatic carbocycles. The van der Waals surface area contributed by atoms with E-state index in [1.807, 2.05) is 37.3 Å². The molecule has 0 radical (unpaired) electrons. The number of amides is 1. The predicted octanol–water partition coefficient (Wildman–Crippen LogP) is 4.22. The van der Waals surface area contributed by atoms with Crippen molar-refractivity contribution in [3.63, 3.8) is 0 Å². The van der Waals surface area contributed by atoms with Gasteiger partial charge in [0, 0.05) is 29.3 Å². The van der Waals surface area contributed by atoms with Gasteiger partial charge in [0.1, 0.15) is 5.75 Å². The molecule has 4 rings (SSSR count). The Morgan fingerprint density at radius 3 is 2.88 bits per heavy atom. The van der Waals surface area contributed by atoms with Gasteiger partial charge < -0.3 is 15.0 Å². The topological polar surface area (TPSA) is 67.0 Å². The van der Waals surface area contributed by atoms with Gasteiger partial charge in [-0.3, -0.25) is 9.78 Å². The highest BCUT2D eigenvalue weighted by Crippen LogP contribution is 2.33. The summed E-state index contributed by atoms with van der Waals surface area (Å²) in [4.78, 5) is 20.7. The highest BCUT2D eigenvalue weighted by molar-refractivity contribution is 6.09. The second-order valence-electron chi connectivity index (χ2n) is 6.33. The predicted molar refractivity (Wildman–Crippen MR) is 102 cm³/mol. The molecule has 0 atom stereocenters. The zero-order valence-electron chi connectivity index (χ0n) is 14.7. The van der Waals surface area contributed by atoms with Crippen molar-refractivity contribution in [3.8, 4) is 17.0 Å². The molecule has 1 aromatic carbocycles. The number of nitrogens with zero attached hydrogens (tertiary/aromatic N) is 1. The number of aromatic amines is 1. The second-order valence-corrected chi connectivity index (χ2v) is 6.33. The van der Waals surface area contributed by atoms with Crippen LogP contribution in [0.25, 0.3) is 11.3 Å². The van der Waals surface area contributed by atoms with Crippen LogP contribution >= 0.6 is 0 Å². The molecule has 2 N–H and O–H groups in total. The van der Waals surface area contributed by atoms with Crippen LogP contribution in [0.5, 0.6) is 5.75 Å². The van der Waals surface area contributed by atoms with Gasteiger partial charge in [-0.1, -0.05) is 6.07 Å². The van der Waals surface area contributed by atoms with Crippen LogP contribution in [0.15, 0.2) is 48.8 Å². The molecular weight excluding hydrogens is 326 g/mol. The Hall–Kier alpha value is -3.08. The van der Waals surface area contributed by atoms with Crippen LogP contribution in [-0.2, 0) is 12.8 Å². The fourth-order valence-corrected chi connectivity index (χ4v) is 3.43. The molecule has 3 aromatic rings. The van der Waals surface area contributed by atoms with Crippen LogP contribution in [0, 0.1) is 0 Å². The quantitative estimate of drug-likeness (QED) is 0.743. The molecule has 0 spiro atoms. The lowest BCUT2D eigenvalue weighted by Crippen LogP contribution is -2.12. The molecule has 0 saturated carbocycles. The zero-order chi connectivity index (χ0) is 17.9. The number of hydrogen-bond donors (Lipinski definition) is 2. The van der Waals surface area contributed by atoms with Gasteiger partial charge in [0.2, 0.25) is 0 Å². The van der Waals surface area contributed by atoms with Crippen molar-refractivity contribution in [3.05, 3.63) is 65.6 Å². The fraction of sp³-hybridized carbons (Fsp3) is 0.238. The van der Waals surface area contributed by atoms with Crippen molar-refractivity contribution in [2.45, 2.75) is 26.2 Å². The van der Waals surface area contributed by atoms with Crippen LogP contribution in [0.1, 0.15) is 35.0 Å². The Morgan fingerprint density at radius 2 is 2.08 bits per heavy atom. The SMILES string of the molecule is CCOc1ccc(NC(=O)c2c[nH]c3c2-c2ncccc2CCC3)cc1. The fourth-order valence-electron chi connectivity index (χ4n) is 3.43. The van der Waals surface area contributed by atoms with Crippen molar-refractivity contribution in [2.24, 2.45) is 0 Å². The van der Waals surface area contributed by atoms with Crippen molar-refractivity contribution in [1.82, 2.24) is 9.97 Å². The lowest BCUT2D eigenvalue weighted by Gasteiger charge is -2.09. The second kappa shape index (κ2) is 7.04. The first-order valence-corrected chi connectivity index (χ1v) is 8.95. The number of carbonyl (C=O) groups excluding carboxylic acids is 1. The average molecular weight is 347 g/mol. The summed E-state index contributed by atoms with van der Waals surface area (Å²) in [5.74, 6) is 0.657. The number of nitrogens with one attached hydrogen (secondary N) is 2. The summed E-state index contributed by atoms with van der Waals surface area (Å²) < 4.78 is 5.44. The molecule has 132 valence electrons. The van der Waals surface area contributed by atoms with Gasteiger partial charge in [-0.25, -0.2) is 0 Å². The maximum atomic E-state index is 12.9. The standard InChI is InChI=1S/C21H21N3O2/c1-2-26-16-10-8-15(9-11-16)24-21(25)17-13-23-18-7-3-5-14-6-4-12-22-20(14)19(17)18/h4,6,8-13,23H,2-3,5,7H2,1H3,(H,24,25).